The number of thiophene rings is 1. The van der Waals surface area contributed by atoms with E-state index in [9.17, 15) is 0 Å². The fraction of sp³-hybridized carbons (Fsp3) is 0. The topological polar surface area (TPSA) is 38.9 Å². The van der Waals surface area contributed by atoms with Gasteiger partial charge in [0.1, 0.15) is 23.1 Å². The number of rotatable bonds is 5. The summed E-state index contributed by atoms with van der Waals surface area (Å²) in [7, 11) is 0. The van der Waals surface area contributed by atoms with Crippen molar-refractivity contribution in [2.45, 2.75) is 0 Å². The van der Waals surface area contributed by atoms with Gasteiger partial charge in [0.15, 0.2) is 5.58 Å². The number of fused-ring (bicyclic) bond motifs is 8. The lowest BCUT2D eigenvalue weighted by Crippen LogP contribution is -1.88. The summed E-state index contributed by atoms with van der Waals surface area (Å²) in [6.07, 6.45) is 1.57. The van der Waals surface area contributed by atoms with Crippen molar-refractivity contribution in [2.75, 3.05) is 0 Å². The van der Waals surface area contributed by atoms with Gasteiger partial charge in [0, 0.05) is 31.1 Å². The van der Waals surface area contributed by atoms with Gasteiger partial charge in [-0.25, -0.2) is 9.97 Å². The molecule has 0 atom stereocenters. The van der Waals surface area contributed by atoms with Gasteiger partial charge in [-0.05, 0) is 108 Å². The maximum absolute atomic E-state index is 8.91. The van der Waals surface area contributed by atoms with Crippen molar-refractivity contribution in [3.63, 3.8) is 0 Å². The molecule has 3 aromatic heterocycles. The largest absolute Gasteiger partial charge is 0.452 e. The summed E-state index contributed by atoms with van der Waals surface area (Å²) >= 11 is 1.13. The van der Waals surface area contributed by atoms with Crippen molar-refractivity contribution in [2.24, 2.45) is 0 Å². The van der Waals surface area contributed by atoms with Gasteiger partial charge in [-0.2, -0.15) is 0 Å². The lowest BCUT2D eigenvalue weighted by atomic mass is 9.96. The minimum atomic E-state index is -0.391. The maximum atomic E-state index is 8.91. The van der Waals surface area contributed by atoms with Gasteiger partial charge < -0.3 is 4.42 Å². The zero-order valence-corrected chi connectivity index (χ0v) is 31.5. The molecule has 3 heterocycles. The summed E-state index contributed by atoms with van der Waals surface area (Å²) < 4.78 is 67.2. The average molecular weight is 764 g/mol. The molecule has 0 amide bonds. The molecule has 0 bridgehead atoms. The maximum Gasteiger partial charge on any atom is 0.180 e. The van der Waals surface area contributed by atoms with E-state index in [1.165, 1.54) is 27.3 Å². The normalized spacial score (nSPS) is 13.5. The first-order chi connectivity index (χ1) is 31.6. The molecule has 0 spiro atoms. The molecule has 9 aromatic carbocycles. The van der Waals surface area contributed by atoms with Crippen LogP contribution in [0.4, 0.5) is 0 Å². The van der Waals surface area contributed by atoms with Gasteiger partial charge in [-0.3, -0.25) is 0 Å². The second-order valence-electron chi connectivity index (χ2n) is 14.5. The minimum Gasteiger partial charge on any atom is -0.452 e. The molecule has 0 aliphatic carbocycles. The molecular formula is C54H32N2OS. The zero-order chi connectivity index (χ0) is 44.2. The van der Waals surface area contributed by atoms with Crippen LogP contribution in [0.1, 0.15) is 9.60 Å². The summed E-state index contributed by atoms with van der Waals surface area (Å²) in [4.78, 5) is 9.41. The average Bonchev–Trinajstić information content (AvgIpc) is 3.93. The van der Waals surface area contributed by atoms with E-state index in [1.54, 1.807) is 6.33 Å². The molecule has 0 saturated carbocycles. The Morgan fingerprint density at radius 2 is 1.07 bits per heavy atom. The van der Waals surface area contributed by atoms with Crippen molar-refractivity contribution in [3.05, 3.63) is 194 Å². The number of hydrogen-bond donors (Lipinski definition) is 0. The molecule has 0 aliphatic rings. The Balaban J connectivity index is 0.871. The second-order valence-corrected chi connectivity index (χ2v) is 15.5. The van der Waals surface area contributed by atoms with Crippen LogP contribution in [0.5, 0.6) is 0 Å². The summed E-state index contributed by atoms with van der Waals surface area (Å²) in [5, 5.41) is 6.16. The summed E-state index contributed by atoms with van der Waals surface area (Å²) in [6, 6.07) is 48.2. The van der Waals surface area contributed by atoms with E-state index in [0.717, 1.165) is 55.4 Å². The fourth-order valence-corrected chi connectivity index (χ4v) is 9.23. The van der Waals surface area contributed by atoms with Crippen molar-refractivity contribution < 1.29 is 14.0 Å². The molecule has 58 heavy (non-hydrogen) atoms. The Hall–Kier alpha value is -7.40. The van der Waals surface area contributed by atoms with Gasteiger partial charge in [0.05, 0.1) is 9.60 Å². The van der Waals surface area contributed by atoms with Crippen molar-refractivity contribution in [3.8, 4) is 55.8 Å². The highest BCUT2D eigenvalue weighted by Crippen LogP contribution is 2.41. The summed E-state index contributed by atoms with van der Waals surface area (Å²) in [6.45, 7) is 0. The molecule has 0 saturated heterocycles. The van der Waals surface area contributed by atoms with Crippen LogP contribution in [0.15, 0.2) is 199 Å². The molecule has 270 valence electrons. The first-order valence-electron chi connectivity index (χ1n) is 22.5. The Kier molecular flexibility index (Phi) is 5.97. The van der Waals surface area contributed by atoms with E-state index in [2.05, 4.69) is 97.1 Å². The monoisotopic (exact) mass is 763 g/mol. The molecular weight excluding hydrogens is 725 g/mol. The number of furan rings is 1. The highest BCUT2D eigenvalue weighted by molar-refractivity contribution is 7.26. The van der Waals surface area contributed by atoms with Gasteiger partial charge in [0.25, 0.3) is 0 Å². The van der Waals surface area contributed by atoms with E-state index in [4.69, 9.17) is 24.0 Å². The third-order valence-electron chi connectivity index (χ3n) is 11.1. The van der Waals surface area contributed by atoms with Crippen molar-refractivity contribution >= 4 is 75.1 Å². The third kappa shape index (κ3) is 5.42. The van der Waals surface area contributed by atoms with Crippen LogP contribution in [-0.4, -0.2) is 9.97 Å². The SMILES string of the molecule is [2H]c1c([2H])c([2H])c2c(sc3c(-c4ccc(-c5cccc(-c6ncnc7c6oc6ccc(-c8ccc9cc(-c%10ccc%11ccccc%11c%10)ccc9c8)cc67)c5)cc4)c([2H])c([2H])c([2H])c32)c1[2H]. The highest BCUT2D eigenvalue weighted by atomic mass is 32.1. The minimum absolute atomic E-state index is 0.131. The summed E-state index contributed by atoms with van der Waals surface area (Å²) in [5.41, 5.74) is 10.9. The first kappa shape index (κ1) is 26.5. The van der Waals surface area contributed by atoms with Gasteiger partial charge in [0.2, 0.25) is 0 Å². The Morgan fingerprint density at radius 3 is 1.88 bits per heavy atom. The van der Waals surface area contributed by atoms with Gasteiger partial charge in [-0.1, -0.05) is 145 Å². The van der Waals surface area contributed by atoms with Crippen LogP contribution < -0.4 is 0 Å². The molecule has 12 rings (SSSR count). The van der Waals surface area contributed by atoms with Crippen LogP contribution in [-0.2, 0) is 0 Å². The molecule has 0 N–H and O–H groups in total. The highest BCUT2D eigenvalue weighted by Gasteiger charge is 2.17. The molecule has 0 aliphatic heterocycles. The molecule has 12 aromatic rings. The number of nitrogens with zero attached hydrogens (tertiary/aromatic N) is 2. The Bertz CT molecular complexity index is 3990. The standard InChI is InChI=1S/C54H32N2OS/c1-2-8-36-27-38(20-17-33(36)7-1)39-21-22-41-29-42(24-23-40(41)28-39)43-25-26-49-48(31-43)52-53(57-49)51(55-32-56-52)44-10-5-9-37(30-44)34-15-18-35(19-16-34)45-12-6-13-47-46-11-3-4-14-50(46)58-54(45)47/h1-32H/i3D,4D,6D,11D,12D,13D,14D. The smallest absolute Gasteiger partial charge is 0.180 e. The van der Waals surface area contributed by atoms with Gasteiger partial charge in [-0.15, -0.1) is 11.3 Å². The van der Waals surface area contributed by atoms with Crippen LogP contribution in [0.25, 0.3) is 120 Å². The van der Waals surface area contributed by atoms with Gasteiger partial charge >= 0.3 is 0 Å². The van der Waals surface area contributed by atoms with Crippen LogP contribution in [0.3, 0.4) is 0 Å². The lowest BCUT2D eigenvalue weighted by Gasteiger charge is -2.08. The van der Waals surface area contributed by atoms with Crippen LogP contribution >= 0.6 is 11.3 Å². The molecule has 0 fully saturated rings. The van der Waals surface area contributed by atoms with Crippen molar-refractivity contribution in [1.29, 1.82) is 0 Å². The van der Waals surface area contributed by atoms with Crippen LogP contribution in [0, 0.1) is 0 Å². The number of hydrogen-bond acceptors (Lipinski definition) is 4. The van der Waals surface area contributed by atoms with Crippen molar-refractivity contribution in [1.82, 2.24) is 9.97 Å². The quantitative estimate of drug-likeness (QED) is 0.175. The molecule has 0 radical (unpaired) electrons. The van der Waals surface area contributed by atoms with E-state index >= 15 is 0 Å². The molecule has 3 nitrogen and oxygen atoms in total. The third-order valence-corrected chi connectivity index (χ3v) is 12.2. The summed E-state index contributed by atoms with van der Waals surface area (Å²) in [5.74, 6) is 0. The first-order valence-corrected chi connectivity index (χ1v) is 19.8. The Morgan fingerprint density at radius 1 is 0.448 bits per heavy atom. The Labute approximate surface area is 348 Å². The van der Waals surface area contributed by atoms with Crippen LogP contribution in [0.2, 0.25) is 0 Å². The second kappa shape index (κ2) is 13.1. The van der Waals surface area contributed by atoms with E-state index in [-0.39, 0.29) is 47.0 Å². The number of aromatic nitrogens is 2. The fourth-order valence-electron chi connectivity index (χ4n) is 8.14. The van der Waals surface area contributed by atoms with E-state index in [0.29, 0.717) is 37.4 Å². The van der Waals surface area contributed by atoms with E-state index in [1.807, 2.05) is 48.5 Å². The molecule has 4 heteroatoms. The lowest BCUT2D eigenvalue weighted by molar-refractivity contribution is 0.667. The zero-order valence-electron chi connectivity index (χ0n) is 37.6. The number of benzene rings is 9. The molecule has 0 unspecified atom stereocenters. The predicted octanol–water partition coefficient (Wildman–Crippen LogP) is 15.4. The van der Waals surface area contributed by atoms with E-state index < -0.39 is 6.04 Å². The predicted molar refractivity (Wildman–Crippen MR) is 244 cm³/mol.